The van der Waals surface area contributed by atoms with Crippen molar-refractivity contribution in [3.63, 3.8) is 0 Å². The van der Waals surface area contributed by atoms with Crippen molar-refractivity contribution in [2.24, 2.45) is 7.05 Å². The molecule has 0 N–H and O–H groups in total. The van der Waals surface area contributed by atoms with Crippen molar-refractivity contribution >= 4 is 67.8 Å². The van der Waals surface area contributed by atoms with Gasteiger partial charge in [-0.05, 0) is 60.2 Å². The minimum absolute atomic E-state index is 0.217. The molecule has 1 fully saturated rings. The number of ether oxygens (including phenoxy) is 3. The molecule has 5 heterocycles. The van der Waals surface area contributed by atoms with Gasteiger partial charge in [-0.1, -0.05) is 65.7 Å². The average Bonchev–Trinajstić information content (AvgIpc) is 3.98. The average molecular weight is 886 g/mol. The molecule has 0 saturated carbocycles. The van der Waals surface area contributed by atoms with Crippen molar-refractivity contribution in [3.8, 4) is 16.9 Å². The van der Waals surface area contributed by atoms with Gasteiger partial charge in [-0.25, -0.2) is 14.8 Å². The Balaban J connectivity index is 1.18. The third kappa shape index (κ3) is 9.86. The normalized spacial score (nSPS) is 13.6. The quantitative estimate of drug-likeness (QED) is 0.0934. The number of aryl methyl sites for hydroxylation is 1. The van der Waals surface area contributed by atoms with Crippen LogP contribution in [0.5, 0.6) is 5.75 Å². The predicted molar refractivity (Wildman–Crippen MR) is 244 cm³/mol. The van der Waals surface area contributed by atoms with Gasteiger partial charge in [0.2, 0.25) is 11.9 Å². The molecular weight excluding hydrogens is 836 g/mol. The summed E-state index contributed by atoms with van der Waals surface area (Å²) in [5.74, 6) is 2.86. The topological polar surface area (TPSA) is 120 Å². The van der Waals surface area contributed by atoms with Crippen molar-refractivity contribution in [3.05, 3.63) is 118 Å². The van der Waals surface area contributed by atoms with Crippen LogP contribution in [0.3, 0.4) is 0 Å². The molecule has 1 aliphatic rings. The minimum atomic E-state index is -0.745. The number of halogens is 2. The highest BCUT2D eigenvalue weighted by molar-refractivity contribution is 8.32. The number of hydrogen-bond acceptors (Lipinski definition) is 10. The van der Waals surface area contributed by atoms with Gasteiger partial charge in [0.05, 0.1) is 48.2 Å². The number of aromatic nitrogens is 7. The van der Waals surface area contributed by atoms with Crippen LogP contribution in [0.15, 0.2) is 91.4 Å². The van der Waals surface area contributed by atoms with Crippen LogP contribution in [-0.2, 0) is 42.9 Å². The summed E-state index contributed by atoms with van der Waals surface area (Å²) in [5, 5.41) is 11.3. The molecule has 61 heavy (non-hydrogen) atoms. The third-order valence-electron chi connectivity index (χ3n) is 10.6. The Kier molecular flexibility index (Phi) is 12.6. The lowest BCUT2D eigenvalue weighted by Crippen LogP contribution is -2.49. The maximum Gasteiger partial charge on any atom is 0.410 e. The van der Waals surface area contributed by atoms with E-state index < -0.39 is 10.0 Å². The first-order valence-electron chi connectivity index (χ1n) is 20.0. The Hall–Kier alpha value is -5.48. The highest BCUT2D eigenvalue weighted by Crippen LogP contribution is 2.35. The fraction of sp³-hybridized carbons (Fsp3) is 0.341. The van der Waals surface area contributed by atoms with E-state index in [1.807, 2.05) is 80.2 Å². The lowest BCUT2D eigenvalue weighted by molar-refractivity contribution is 0.0908. The summed E-state index contributed by atoms with van der Waals surface area (Å²) >= 11 is 13.2. The Morgan fingerprint density at radius 1 is 0.869 bits per heavy atom. The molecule has 0 atom stereocenters. The molecule has 0 spiro atoms. The standard InChI is InChI=1S/C44H50Cl2N10O4S/c1-51-27-34(24-47-51)37-25-48-56-41(37)49-42(52-15-17-53(18-16-52)44(57)60-29-32-9-7-6-8-10-32)50-43(56)54(26-31-11-13-36(58-2)14-12-31)28-35-21-33-22-38(45)39(46)23-40(33)55(35)30-59-19-20-61(3,4)5/h6-14,21-25,27H,15-20,26,28-30H2,1-5H3. The van der Waals surface area contributed by atoms with Crippen LogP contribution in [0.2, 0.25) is 10.0 Å². The fourth-order valence-electron chi connectivity index (χ4n) is 7.27. The monoisotopic (exact) mass is 884 g/mol. The van der Waals surface area contributed by atoms with Crippen LogP contribution in [0, 0.1) is 0 Å². The SMILES string of the molecule is COc1ccc(CN(Cc2cc3cc(Cl)c(Cl)cc3n2COCCS(C)(C)C)c2nc(N3CCN(C(=O)OCc4ccccc4)CC3)nc3c(-c4cnn(C)c4)cnn23)cc1. The number of methoxy groups -OCH3 is 1. The maximum atomic E-state index is 13.1. The van der Waals surface area contributed by atoms with E-state index in [2.05, 4.69) is 56.4 Å². The zero-order valence-electron chi connectivity index (χ0n) is 35.0. The molecule has 4 aromatic heterocycles. The summed E-state index contributed by atoms with van der Waals surface area (Å²) in [4.78, 5) is 29.6. The second-order valence-corrected chi connectivity index (χ2v) is 21.4. The second kappa shape index (κ2) is 18.2. The minimum Gasteiger partial charge on any atom is -0.497 e. The van der Waals surface area contributed by atoms with E-state index >= 15 is 0 Å². The van der Waals surface area contributed by atoms with Gasteiger partial charge in [-0.3, -0.25) is 4.68 Å². The molecule has 320 valence electrons. The van der Waals surface area contributed by atoms with Crippen LogP contribution in [0.25, 0.3) is 27.7 Å². The van der Waals surface area contributed by atoms with E-state index in [1.54, 1.807) is 21.2 Å². The number of hydrogen-bond donors (Lipinski definition) is 0. The highest BCUT2D eigenvalue weighted by atomic mass is 35.5. The van der Waals surface area contributed by atoms with E-state index in [9.17, 15) is 4.79 Å². The zero-order chi connectivity index (χ0) is 42.7. The van der Waals surface area contributed by atoms with E-state index in [0.717, 1.165) is 50.4 Å². The third-order valence-corrected chi connectivity index (χ3v) is 12.8. The van der Waals surface area contributed by atoms with Crippen LogP contribution in [-0.4, -0.2) is 109 Å². The molecular formula is C44H50Cl2N10O4S. The summed E-state index contributed by atoms with van der Waals surface area (Å²) in [6.07, 6.45) is 12.1. The van der Waals surface area contributed by atoms with E-state index in [-0.39, 0.29) is 12.7 Å². The Morgan fingerprint density at radius 3 is 2.33 bits per heavy atom. The largest absolute Gasteiger partial charge is 0.497 e. The molecule has 1 amide bonds. The van der Waals surface area contributed by atoms with Crippen LogP contribution < -0.4 is 14.5 Å². The molecule has 0 aliphatic carbocycles. The molecule has 1 aliphatic heterocycles. The first-order chi connectivity index (χ1) is 29.4. The summed E-state index contributed by atoms with van der Waals surface area (Å²) in [7, 11) is 2.80. The van der Waals surface area contributed by atoms with Crippen molar-refractivity contribution in [2.75, 3.05) is 74.2 Å². The molecule has 0 unspecified atom stereocenters. The number of rotatable bonds is 15. The summed E-state index contributed by atoms with van der Waals surface area (Å²) in [6.45, 7) is 3.98. The van der Waals surface area contributed by atoms with Crippen molar-refractivity contribution in [1.82, 2.24) is 38.8 Å². The van der Waals surface area contributed by atoms with Gasteiger partial charge in [0.1, 0.15) is 19.1 Å². The number of piperazine rings is 1. The smallest absolute Gasteiger partial charge is 0.410 e. The molecule has 7 aromatic rings. The number of anilines is 2. The van der Waals surface area contributed by atoms with Gasteiger partial charge in [0, 0.05) is 73.9 Å². The highest BCUT2D eigenvalue weighted by Gasteiger charge is 2.28. The fourth-order valence-corrected chi connectivity index (χ4v) is 8.22. The second-order valence-electron chi connectivity index (χ2n) is 16.0. The summed E-state index contributed by atoms with van der Waals surface area (Å²) in [5.41, 5.74) is 6.19. The van der Waals surface area contributed by atoms with Gasteiger partial charge >= 0.3 is 6.09 Å². The van der Waals surface area contributed by atoms with Gasteiger partial charge < -0.3 is 33.5 Å². The zero-order valence-corrected chi connectivity index (χ0v) is 37.3. The summed E-state index contributed by atoms with van der Waals surface area (Å²) < 4.78 is 23.3. The van der Waals surface area contributed by atoms with Gasteiger partial charge in [0.25, 0.3) is 0 Å². The molecule has 17 heteroatoms. The molecule has 1 saturated heterocycles. The van der Waals surface area contributed by atoms with Gasteiger partial charge in [0.15, 0.2) is 5.65 Å². The molecule has 0 bridgehead atoms. The van der Waals surface area contributed by atoms with Crippen LogP contribution in [0.1, 0.15) is 16.8 Å². The number of benzene rings is 3. The number of nitrogens with zero attached hydrogens (tertiary/aromatic N) is 10. The molecule has 0 radical (unpaired) electrons. The number of carbonyl (C=O) groups is 1. The van der Waals surface area contributed by atoms with Gasteiger partial charge in [-0.15, -0.1) is 0 Å². The van der Waals surface area contributed by atoms with Gasteiger partial charge in [-0.2, -0.15) is 24.7 Å². The molecule has 14 nitrogen and oxygen atoms in total. The van der Waals surface area contributed by atoms with Crippen LogP contribution in [0.4, 0.5) is 16.7 Å². The predicted octanol–water partition coefficient (Wildman–Crippen LogP) is 8.13. The maximum absolute atomic E-state index is 13.1. The first-order valence-corrected chi connectivity index (χ1v) is 23.7. The van der Waals surface area contributed by atoms with E-state index in [0.29, 0.717) is 80.2 Å². The Bertz CT molecular complexity index is 2620. The number of carbonyl (C=O) groups excluding carboxylic acids is 1. The van der Waals surface area contributed by atoms with E-state index in [1.165, 1.54) is 0 Å². The Morgan fingerprint density at radius 2 is 1.62 bits per heavy atom. The molecule has 8 rings (SSSR count). The Labute approximate surface area is 366 Å². The molecule has 3 aromatic carbocycles. The number of fused-ring (bicyclic) bond motifs is 2. The van der Waals surface area contributed by atoms with Crippen LogP contribution >= 0.6 is 33.2 Å². The first kappa shape index (κ1) is 42.2. The number of amides is 1. The lowest BCUT2D eigenvalue weighted by Gasteiger charge is -2.34. The lowest BCUT2D eigenvalue weighted by atomic mass is 10.2. The summed E-state index contributed by atoms with van der Waals surface area (Å²) in [6, 6.07) is 23.7. The van der Waals surface area contributed by atoms with Crippen molar-refractivity contribution in [2.45, 2.75) is 26.4 Å². The van der Waals surface area contributed by atoms with Crippen molar-refractivity contribution in [1.29, 1.82) is 0 Å². The van der Waals surface area contributed by atoms with Crippen molar-refractivity contribution < 1.29 is 19.0 Å². The van der Waals surface area contributed by atoms with E-state index in [4.69, 9.17) is 52.5 Å².